The molecule has 2 heterocycles. The summed E-state index contributed by atoms with van der Waals surface area (Å²) in [5.41, 5.74) is 2.33. The van der Waals surface area contributed by atoms with Gasteiger partial charge in [0.25, 0.3) is 0 Å². The van der Waals surface area contributed by atoms with E-state index in [0.29, 0.717) is 6.54 Å². The number of hydrogen-bond donors (Lipinski definition) is 2. The molecular formula is C15H21N5. The zero-order valence-corrected chi connectivity index (χ0v) is 12.3. The molecule has 0 aliphatic rings. The van der Waals surface area contributed by atoms with Gasteiger partial charge in [-0.2, -0.15) is 0 Å². The first-order valence-corrected chi connectivity index (χ1v) is 6.99. The van der Waals surface area contributed by atoms with Crippen LogP contribution in [0.3, 0.4) is 0 Å². The third-order valence-corrected chi connectivity index (χ3v) is 3.00. The number of anilines is 2. The van der Waals surface area contributed by atoms with Gasteiger partial charge in [-0.15, -0.1) is 0 Å². The van der Waals surface area contributed by atoms with Crippen molar-refractivity contribution < 1.29 is 0 Å². The van der Waals surface area contributed by atoms with Crippen LogP contribution in [0.2, 0.25) is 0 Å². The minimum Gasteiger partial charge on any atom is -0.370 e. The monoisotopic (exact) mass is 271 g/mol. The van der Waals surface area contributed by atoms with Gasteiger partial charge in [0.2, 0.25) is 0 Å². The highest BCUT2D eigenvalue weighted by Crippen LogP contribution is 2.13. The molecule has 20 heavy (non-hydrogen) atoms. The number of aryl methyl sites for hydroxylation is 2. The summed E-state index contributed by atoms with van der Waals surface area (Å²) in [6.07, 6.45) is 2.81. The van der Waals surface area contributed by atoms with Crippen LogP contribution in [0.15, 0.2) is 24.4 Å². The Morgan fingerprint density at radius 2 is 1.85 bits per heavy atom. The third kappa shape index (κ3) is 3.66. The molecule has 0 bridgehead atoms. The molecule has 5 nitrogen and oxygen atoms in total. The molecule has 0 unspecified atom stereocenters. The van der Waals surface area contributed by atoms with Gasteiger partial charge in [0.05, 0.1) is 12.2 Å². The van der Waals surface area contributed by atoms with Gasteiger partial charge in [-0.3, -0.25) is 4.98 Å². The fourth-order valence-electron chi connectivity index (χ4n) is 2.06. The van der Waals surface area contributed by atoms with Crippen LogP contribution in [0.4, 0.5) is 11.6 Å². The van der Waals surface area contributed by atoms with E-state index in [1.165, 1.54) is 5.56 Å². The number of nitrogens with zero attached hydrogens (tertiary/aromatic N) is 3. The van der Waals surface area contributed by atoms with Gasteiger partial charge in [-0.05, 0) is 31.9 Å². The lowest BCUT2D eigenvalue weighted by atomic mass is 10.1. The topological polar surface area (TPSA) is 62.7 Å². The van der Waals surface area contributed by atoms with E-state index in [1.807, 2.05) is 32.2 Å². The van der Waals surface area contributed by atoms with Crippen LogP contribution < -0.4 is 10.6 Å². The summed E-state index contributed by atoms with van der Waals surface area (Å²) in [6, 6.07) is 6.00. The molecular weight excluding hydrogens is 250 g/mol. The molecule has 2 aromatic rings. The maximum Gasteiger partial charge on any atom is 0.132 e. The standard InChI is InChI=1S/C15H21N5/c1-4-12-7-6-8-17-13(12)10-18-15-9-14(16-5-2)19-11(3)20-15/h6-9H,4-5,10H2,1-3H3,(H2,16,18,19,20). The summed E-state index contributed by atoms with van der Waals surface area (Å²) in [5, 5.41) is 6.52. The minimum absolute atomic E-state index is 0.673. The van der Waals surface area contributed by atoms with E-state index in [0.717, 1.165) is 36.1 Å². The minimum atomic E-state index is 0.673. The second-order valence-electron chi connectivity index (χ2n) is 4.53. The zero-order valence-electron chi connectivity index (χ0n) is 12.3. The molecule has 2 N–H and O–H groups in total. The lowest BCUT2D eigenvalue weighted by Gasteiger charge is -2.10. The predicted molar refractivity (Wildman–Crippen MR) is 81.9 cm³/mol. The predicted octanol–water partition coefficient (Wildman–Crippen LogP) is 2.79. The van der Waals surface area contributed by atoms with E-state index < -0.39 is 0 Å². The summed E-state index contributed by atoms with van der Waals surface area (Å²) < 4.78 is 0. The molecule has 0 saturated heterocycles. The summed E-state index contributed by atoms with van der Waals surface area (Å²) >= 11 is 0. The van der Waals surface area contributed by atoms with Crippen LogP contribution in [0, 0.1) is 6.92 Å². The van der Waals surface area contributed by atoms with Crippen LogP contribution in [0.25, 0.3) is 0 Å². The van der Waals surface area contributed by atoms with Crippen LogP contribution in [0.5, 0.6) is 0 Å². The van der Waals surface area contributed by atoms with E-state index in [4.69, 9.17) is 0 Å². The van der Waals surface area contributed by atoms with Crippen molar-refractivity contribution in [1.29, 1.82) is 0 Å². The first-order valence-electron chi connectivity index (χ1n) is 6.99. The van der Waals surface area contributed by atoms with Crippen LogP contribution in [-0.2, 0) is 13.0 Å². The van der Waals surface area contributed by atoms with Crippen molar-refractivity contribution in [2.24, 2.45) is 0 Å². The second-order valence-corrected chi connectivity index (χ2v) is 4.53. The second kappa shape index (κ2) is 6.84. The van der Waals surface area contributed by atoms with E-state index in [1.54, 1.807) is 0 Å². The summed E-state index contributed by atoms with van der Waals surface area (Å²) in [5.74, 6) is 2.42. The molecule has 0 amide bonds. The van der Waals surface area contributed by atoms with Gasteiger partial charge in [-0.1, -0.05) is 13.0 Å². The van der Waals surface area contributed by atoms with Gasteiger partial charge in [-0.25, -0.2) is 9.97 Å². The molecule has 2 aromatic heterocycles. The van der Waals surface area contributed by atoms with Gasteiger partial charge < -0.3 is 10.6 Å². The van der Waals surface area contributed by atoms with Gasteiger partial charge in [0.1, 0.15) is 17.5 Å². The van der Waals surface area contributed by atoms with Crippen molar-refractivity contribution in [2.75, 3.05) is 17.2 Å². The average Bonchev–Trinajstić information content (AvgIpc) is 2.45. The smallest absolute Gasteiger partial charge is 0.132 e. The lowest BCUT2D eigenvalue weighted by molar-refractivity contribution is 0.952. The number of rotatable bonds is 6. The first kappa shape index (κ1) is 14.2. The van der Waals surface area contributed by atoms with Crippen molar-refractivity contribution in [3.05, 3.63) is 41.5 Å². The quantitative estimate of drug-likeness (QED) is 0.846. The molecule has 0 aliphatic heterocycles. The highest BCUT2D eigenvalue weighted by atomic mass is 15.1. The Morgan fingerprint density at radius 1 is 1.10 bits per heavy atom. The Balaban J connectivity index is 2.10. The fourth-order valence-corrected chi connectivity index (χ4v) is 2.06. The molecule has 5 heteroatoms. The molecule has 0 radical (unpaired) electrons. The van der Waals surface area contributed by atoms with E-state index in [2.05, 4.69) is 38.6 Å². The Hall–Kier alpha value is -2.17. The number of pyridine rings is 1. The Bertz CT molecular complexity index is 568. The molecule has 0 aliphatic carbocycles. The van der Waals surface area contributed by atoms with Crippen LogP contribution in [0.1, 0.15) is 30.9 Å². The molecule has 0 saturated carbocycles. The van der Waals surface area contributed by atoms with Gasteiger partial charge >= 0.3 is 0 Å². The largest absolute Gasteiger partial charge is 0.370 e. The summed E-state index contributed by atoms with van der Waals surface area (Å²) in [4.78, 5) is 13.2. The van der Waals surface area contributed by atoms with Crippen molar-refractivity contribution in [3.8, 4) is 0 Å². The van der Waals surface area contributed by atoms with Crippen LogP contribution in [-0.4, -0.2) is 21.5 Å². The summed E-state index contributed by atoms with van der Waals surface area (Å²) in [6.45, 7) is 7.59. The normalized spacial score (nSPS) is 10.3. The van der Waals surface area contributed by atoms with Gasteiger partial charge in [0, 0.05) is 18.8 Å². The molecule has 0 atom stereocenters. The zero-order chi connectivity index (χ0) is 14.4. The lowest BCUT2D eigenvalue weighted by Crippen LogP contribution is -2.08. The van der Waals surface area contributed by atoms with E-state index in [-0.39, 0.29) is 0 Å². The first-order chi connectivity index (χ1) is 9.72. The van der Waals surface area contributed by atoms with Crippen LogP contribution >= 0.6 is 0 Å². The van der Waals surface area contributed by atoms with E-state index in [9.17, 15) is 0 Å². The highest BCUT2D eigenvalue weighted by Gasteiger charge is 2.04. The van der Waals surface area contributed by atoms with Gasteiger partial charge in [0.15, 0.2) is 0 Å². The van der Waals surface area contributed by atoms with Crippen molar-refractivity contribution in [1.82, 2.24) is 15.0 Å². The molecule has 106 valence electrons. The number of nitrogens with one attached hydrogen (secondary N) is 2. The molecule has 0 aromatic carbocycles. The Kier molecular flexibility index (Phi) is 4.87. The fraction of sp³-hybridized carbons (Fsp3) is 0.400. The maximum atomic E-state index is 4.42. The SMILES string of the molecule is CCNc1cc(NCc2ncccc2CC)nc(C)n1. The molecule has 0 spiro atoms. The molecule has 0 fully saturated rings. The molecule has 2 rings (SSSR count). The Morgan fingerprint density at radius 3 is 2.55 bits per heavy atom. The van der Waals surface area contributed by atoms with Crippen molar-refractivity contribution in [2.45, 2.75) is 33.7 Å². The maximum absolute atomic E-state index is 4.42. The van der Waals surface area contributed by atoms with Crippen molar-refractivity contribution in [3.63, 3.8) is 0 Å². The summed E-state index contributed by atoms with van der Waals surface area (Å²) in [7, 11) is 0. The number of hydrogen-bond acceptors (Lipinski definition) is 5. The van der Waals surface area contributed by atoms with Crippen molar-refractivity contribution >= 4 is 11.6 Å². The highest BCUT2D eigenvalue weighted by molar-refractivity contribution is 5.47. The average molecular weight is 271 g/mol. The Labute approximate surface area is 119 Å². The van der Waals surface area contributed by atoms with E-state index >= 15 is 0 Å². The number of aromatic nitrogens is 3. The third-order valence-electron chi connectivity index (χ3n) is 3.00.